The molecule has 0 spiro atoms. The van der Waals surface area contributed by atoms with Crippen LogP contribution in [0.2, 0.25) is 0 Å². The van der Waals surface area contributed by atoms with Crippen molar-refractivity contribution in [2.45, 2.75) is 26.4 Å². The van der Waals surface area contributed by atoms with Crippen LogP contribution in [0, 0.1) is 0 Å². The largest absolute Gasteiger partial charge is 0.462 e. The molecule has 2 heterocycles. The van der Waals surface area contributed by atoms with Gasteiger partial charge in [0, 0.05) is 6.20 Å². The van der Waals surface area contributed by atoms with Crippen LogP contribution in [0.3, 0.4) is 0 Å². The molecule has 0 aliphatic heterocycles. The summed E-state index contributed by atoms with van der Waals surface area (Å²) in [6.45, 7) is 3.92. The van der Waals surface area contributed by atoms with Gasteiger partial charge in [0.2, 0.25) is 0 Å². The van der Waals surface area contributed by atoms with E-state index in [-0.39, 0.29) is 0 Å². The van der Waals surface area contributed by atoms with Crippen LogP contribution in [0.5, 0.6) is 0 Å². The molecule has 2 rings (SSSR count). The third kappa shape index (κ3) is 3.00. The topological polar surface area (TPSA) is 90.1 Å². The van der Waals surface area contributed by atoms with Gasteiger partial charge >= 0.3 is 5.97 Å². The third-order valence-electron chi connectivity index (χ3n) is 2.73. The third-order valence-corrected chi connectivity index (χ3v) is 2.73. The van der Waals surface area contributed by atoms with E-state index in [0.29, 0.717) is 30.1 Å². The molecule has 7 heteroatoms. The summed E-state index contributed by atoms with van der Waals surface area (Å²) in [7, 11) is 0. The number of pyridine rings is 1. The lowest BCUT2D eigenvalue weighted by Crippen LogP contribution is -2.06. The Kier molecular flexibility index (Phi) is 4.41. The predicted octanol–water partition coefficient (Wildman–Crippen LogP) is 1.28. The average molecular weight is 276 g/mol. The van der Waals surface area contributed by atoms with E-state index in [1.165, 1.54) is 10.9 Å². The van der Waals surface area contributed by atoms with Crippen LogP contribution in [0.15, 0.2) is 24.5 Å². The molecule has 20 heavy (non-hydrogen) atoms. The highest BCUT2D eigenvalue weighted by Crippen LogP contribution is 2.14. The van der Waals surface area contributed by atoms with Gasteiger partial charge in [0.1, 0.15) is 5.69 Å². The van der Waals surface area contributed by atoms with Crippen molar-refractivity contribution in [1.82, 2.24) is 20.0 Å². The first-order chi connectivity index (χ1) is 9.65. The van der Waals surface area contributed by atoms with Crippen LogP contribution >= 0.6 is 0 Å². The minimum absolute atomic E-state index is 0.321. The van der Waals surface area contributed by atoms with E-state index in [9.17, 15) is 9.90 Å². The quantitative estimate of drug-likeness (QED) is 0.827. The number of aliphatic hydroxyl groups is 1. The number of aromatic nitrogens is 4. The molecule has 1 N–H and O–H groups in total. The standard InChI is InChI=1S/C13H16N4O3/c1-3-11(18)10-8-17(16-15-10)12-6-5-9(7-14-12)13(19)20-4-2/h5-8,11,18H,3-4H2,1-2H3. The molecule has 0 aliphatic carbocycles. The van der Waals surface area contributed by atoms with Gasteiger partial charge in [-0.15, -0.1) is 5.10 Å². The number of ether oxygens (including phenoxy) is 1. The molecule has 0 radical (unpaired) electrons. The number of aliphatic hydroxyl groups excluding tert-OH is 1. The van der Waals surface area contributed by atoms with Crippen LogP contribution < -0.4 is 0 Å². The van der Waals surface area contributed by atoms with E-state index >= 15 is 0 Å². The maximum Gasteiger partial charge on any atom is 0.339 e. The van der Waals surface area contributed by atoms with Crippen molar-refractivity contribution in [3.05, 3.63) is 35.8 Å². The predicted molar refractivity (Wildman–Crippen MR) is 70.4 cm³/mol. The normalized spacial score (nSPS) is 12.2. The van der Waals surface area contributed by atoms with E-state index in [1.54, 1.807) is 25.3 Å². The first kappa shape index (κ1) is 14.1. The molecular weight excluding hydrogens is 260 g/mol. The molecule has 2 aromatic heterocycles. The number of nitrogens with zero attached hydrogens (tertiary/aromatic N) is 4. The summed E-state index contributed by atoms with van der Waals surface area (Å²) in [5.41, 5.74) is 0.869. The average Bonchev–Trinajstić information content (AvgIpc) is 2.96. The van der Waals surface area contributed by atoms with Crippen molar-refractivity contribution in [1.29, 1.82) is 0 Å². The Morgan fingerprint density at radius 3 is 2.85 bits per heavy atom. The van der Waals surface area contributed by atoms with Gasteiger partial charge in [-0.3, -0.25) is 0 Å². The molecular formula is C13H16N4O3. The Bertz CT molecular complexity index is 580. The lowest BCUT2D eigenvalue weighted by Gasteiger charge is -2.03. The van der Waals surface area contributed by atoms with Gasteiger partial charge in [0.15, 0.2) is 5.82 Å². The Morgan fingerprint density at radius 1 is 1.45 bits per heavy atom. The molecule has 0 aliphatic rings. The zero-order valence-corrected chi connectivity index (χ0v) is 11.4. The van der Waals surface area contributed by atoms with Crippen LogP contribution in [0.1, 0.15) is 42.4 Å². The molecule has 0 fully saturated rings. The number of esters is 1. The zero-order chi connectivity index (χ0) is 14.5. The summed E-state index contributed by atoms with van der Waals surface area (Å²) in [6, 6.07) is 3.25. The molecule has 0 saturated carbocycles. The van der Waals surface area contributed by atoms with Gasteiger partial charge in [-0.2, -0.15) is 0 Å². The van der Waals surface area contributed by atoms with Crippen molar-refractivity contribution in [2.75, 3.05) is 6.61 Å². The van der Waals surface area contributed by atoms with Crippen molar-refractivity contribution in [3.8, 4) is 5.82 Å². The van der Waals surface area contributed by atoms with Crippen molar-refractivity contribution >= 4 is 5.97 Å². The molecule has 1 atom stereocenters. The first-order valence-electron chi connectivity index (χ1n) is 6.39. The first-order valence-corrected chi connectivity index (χ1v) is 6.39. The molecule has 1 unspecified atom stereocenters. The summed E-state index contributed by atoms with van der Waals surface area (Å²) in [5.74, 6) is 0.104. The summed E-state index contributed by atoms with van der Waals surface area (Å²) in [4.78, 5) is 15.6. The summed E-state index contributed by atoms with van der Waals surface area (Å²) < 4.78 is 6.32. The van der Waals surface area contributed by atoms with Crippen LogP contribution in [0.25, 0.3) is 5.82 Å². The highest BCUT2D eigenvalue weighted by molar-refractivity contribution is 5.89. The number of carbonyl (C=O) groups excluding carboxylic acids is 1. The highest BCUT2D eigenvalue weighted by atomic mass is 16.5. The number of hydrogen-bond donors (Lipinski definition) is 1. The maximum atomic E-state index is 11.5. The van der Waals surface area contributed by atoms with Crippen molar-refractivity contribution in [3.63, 3.8) is 0 Å². The Hall–Kier alpha value is -2.28. The lowest BCUT2D eigenvalue weighted by molar-refractivity contribution is 0.0526. The van der Waals surface area contributed by atoms with Gasteiger partial charge in [-0.05, 0) is 25.5 Å². The molecule has 0 amide bonds. The summed E-state index contributed by atoms with van der Waals surface area (Å²) >= 11 is 0. The number of hydrogen-bond acceptors (Lipinski definition) is 6. The fraction of sp³-hybridized carbons (Fsp3) is 0.385. The SMILES string of the molecule is CCOC(=O)c1ccc(-n2cc(C(O)CC)nn2)nc1. The highest BCUT2D eigenvalue weighted by Gasteiger charge is 2.12. The fourth-order valence-electron chi connectivity index (χ4n) is 1.61. The van der Waals surface area contributed by atoms with Gasteiger partial charge in [-0.25, -0.2) is 14.5 Å². The molecule has 2 aromatic rings. The monoisotopic (exact) mass is 276 g/mol. The second kappa shape index (κ2) is 6.25. The lowest BCUT2D eigenvalue weighted by atomic mass is 10.2. The Morgan fingerprint density at radius 2 is 2.25 bits per heavy atom. The van der Waals surface area contributed by atoms with Crippen LogP contribution in [-0.2, 0) is 4.74 Å². The Balaban J connectivity index is 2.17. The zero-order valence-electron chi connectivity index (χ0n) is 11.4. The molecule has 106 valence electrons. The minimum Gasteiger partial charge on any atom is -0.462 e. The molecule has 0 saturated heterocycles. The summed E-state index contributed by atoms with van der Waals surface area (Å²) in [5, 5.41) is 17.4. The van der Waals surface area contributed by atoms with Gasteiger partial charge in [-0.1, -0.05) is 12.1 Å². The van der Waals surface area contributed by atoms with E-state index in [4.69, 9.17) is 4.74 Å². The van der Waals surface area contributed by atoms with Crippen molar-refractivity contribution < 1.29 is 14.6 Å². The molecule has 0 bridgehead atoms. The second-order valence-electron chi connectivity index (χ2n) is 4.14. The maximum absolute atomic E-state index is 11.5. The second-order valence-corrected chi connectivity index (χ2v) is 4.14. The summed E-state index contributed by atoms with van der Waals surface area (Å²) in [6.07, 6.45) is 2.96. The number of carbonyl (C=O) groups is 1. The van der Waals surface area contributed by atoms with E-state index in [1.807, 2.05) is 6.92 Å². The fourth-order valence-corrected chi connectivity index (χ4v) is 1.61. The van der Waals surface area contributed by atoms with E-state index in [2.05, 4.69) is 15.3 Å². The van der Waals surface area contributed by atoms with Gasteiger partial charge in [0.05, 0.1) is 24.5 Å². The molecule has 0 aromatic carbocycles. The Labute approximate surface area is 116 Å². The van der Waals surface area contributed by atoms with Crippen LogP contribution in [-0.4, -0.2) is 37.7 Å². The van der Waals surface area contributed by atoms with Gasteiger partial charge < -0.3 is 9.84 Å². The molecule has 7 nitrogen and oxygen atoms in total. The minimum atomic E-state index is -0.637. The van der Waals surface area contributed by atoms with E-state index < -0.39 is 12.1 Å². The van der Waals surface area contributed by atoms with Crippen molar-refractivity contribution in [2.24, 2.45) is 0 Å². The van der Waals surface area contributed by atoms with E-state index in [0.717, 1.165) is 0 Å². The van der Waals surface area contributed by atoms with Gasteiger partial charge in [0.25, 0.3) is 0 Å². The smallest absolute Gasteiger partial charge is 0.339 e. The number of rotatable bonds is 5. The van der Waals surface area contributed by atoms with Crippen LogP contribution in [0.4, 0.5) is 0 Å².